The van der Waals surface area contributed by atoms with Gasteiger partial charge in [-0.3, -0.25) is 4.79 Å². The zero-order chi connectivity index (χ0) is 22.8. The predicted octanol–water partition coefficient (Wildman–Crippen LogP) is 4.20. The SMILES string of the molecule is O=C(O)c1csc(SCCN2C(=O)CC[C@@H]2/C=C/[C@@H](O)CCCCSc2ccccn2)n1. The third kappa shape index (κ3) is 7.91. The fraction of sp³-hybridized carbons (Fsp3) is 0.455. The van der Waals surface area contributed by atoms with E-state index in [4.69, 9.17) is 5.11 Å². The third-order valence-corrected chi connectivity index (χ3v) is 8.00. The molecular formula is C22H27N3O4S3. The van der Waals surface area contributed by atoms with Crippen LogP contribution in [0, 0.1) is 0 Å². The molecule has 0 bridgehead atoms. The van der Waals surface area contributed by atoms with Gasteiger partial charge in [0.25, 0.3) is 0 Å². The summed E-state index contributed by atoms with van der Waals surface area (Å²) in [5.74, 6) is 0.715. The van der Waals surface area contributed by atoms with Gasteiger partial charge >= 0.3 is 5.97 Å². The highest BCUT2D eigenvalue weighted by atomic mass is 32.2. The minimum atomic E-state index is -1.03. The molecule has 0 unspecified atom stereocenters. The summed E-state index contributed by atoms with van der Waals surface area (Å²) in [5, 5.41) is 21.8. The number of aliphatic hydroxyl groups is 1. The number of likely N-dealkylation sites (tertiary alicyclic amines) is 1. The van der Waals surface area contributed by atoms with Crippen LogP contribution in [0.1, 0.15) is 42.6 Å². The number of unbranched alkanes of at least 4 members (excludes halogenated alkanes) is 1. The number of aliphatic hydroxyl groups excluding tert-OH is 1. The van der Waals surface area contributed by atoms with E-state index >= 15 is 0 Å². The Hall–Kier alpha value is -1.88. The molecule has 0 aromatic carbocycles. The van der Waals surface area contributed by atoms with E-state index in [-0.39, 0.29) is 17.6 Å². The lowest BCUT2D eigenvalue weighted by Gasteiger charge is -2.22. The number of carbonyl (C=O) groups excluding carboxylic acids is 1. The van der Waals surface area contributed by atoms with Crippen LogP contribution in [0.25, 0.3) is 0 Å². The molecule has 32 heavy (non-hydrogen) atoms. The first-order valence-electron chi connectivity index (χ1n) is 10.5. The predicted molar refractivity (Wildman–Crippen MR) is 128 cm³/mol. The number of thioether (sulfide) groups is 2. The second-order valence-corrected chi connectivity index (χ2v) is 10.6. The Labute approximate surface area is 200 Å². The van der Waals surface area contributed by atoms with Crippen LogP contribution in [0.15, 0.2) is 51.3 Å². The molecule has 3 heterocycles. The number of carbonyl (C=O) groups is 2. The first-order chi connectivity index (χ1) is 15.5. The quantitative estimate of drug-likeness (QED) is 0.243. The van der Waals surface area contributed by atoms with Crippen molar-refractivity contribution in [1.82, 2.24) is 14.9 Å². The van der Waals surface area contributed by atoms with Gasteiger partial charge in [-0.1, -0.05) is 30.0 Å². The van der Waals surface area contributed by atoms with E-state index in [1.165, 1.54) is 28.5 Å². The van der Waals surface area contributed by atoms with Crippen LogP contribution in [0.4, 0.5) is 0 Å². The maximum Gasteiger partial charge on any atom is 0.355 e. The van der Waals surface area contributed by atoms with E-state index in [1.807, 2.05) is 35.3 Å². The van der Waals surface area contributed by atoms with Crippen molar-refractivity contribution in [3.63, 3.8) is 0 Å². The van der Waals surface area contributed by atoms with Gasteiger partial charge in [-0.15, -0.1) is 23.1 Å². The smallest absolute Gasteiger partial charge is 0.355 e. The Bertz CT molecular complexity index is 907. The monoisotopic (exact) mass is 493 g/mol. The molecule has 2 N–H and O–H groups in total. The van der Waals surface area contributed by atoms with Gasteiger partial charge in [0.15, 0.2) is 10.0 Å². The summed E-state index contributed by atoms with van der Waals surface area (Å²) < 4.78 is 0.692. The first-order valence-corrected chi connectivity index (χ1v) is 13.4. The lowest BCUT2D eigenvalue weighted by Crippen LogP contribution is -2.33. The average molecular weight is 494 g/mol. The zero-order valence-electron chi connectivity index (χ0n) is 17.6. The van der Waals surface area contributed by atoms with Crippen molar-refractivity contribution >= 4 is 46.7 Å². The van der Waals surface area contributed by atoms with Crippen LogP contribution in [0.5, 0.6) is 0 Å². The molecule has 0 spiro atoms. The van der Waals surface area contributed by atoms with Crippen LogP contribution in [0.3, 0.4) is 0 Å². The number of hydrogen-bond donors (Lipinski definition) is 2. The highest BCUT2D eigenvalue weighted by molar-refractivity contribution is 8.01. The highest BCUT2D eigenvalue weighted by Crippen LogP contribution is 2.25. The van der Waals surface area contributed by atoms with E-state index in [9.17, 15) is 14.7 Å². The molecule has 2 aromatic rings. The van der Waals surface area contributed by atoms with Gasteiger partial charge < -0.3 is 15.1 Å². The van der Waals surface area contributed by atoms with E-state index in [0.717, 1.165) is 30.0 Å². The molecule has 2 aromatic heterocycles. The van der Waals surface area contributed by atoms with Crippen molar-refractivity contribution < 1.29 is 19.8 Å². The lowest BCUT2D eigenvalue weighted by molar-refractivity contribution is -0.128. The van der Waals surface area contributed by atoms with E-state index in [1.54, 1.807) is 18.0 Å². The minimum absolute atomic E-state index is 0.00309. The van der Waals surface area contributed by atoms with Crippen LogP contribution in [-0.2, 0) is 4.79 Å². The van der Waals surface area contributed by atoms with Crippen molar-refractivity contribution in [2.75, 3.05) is 18.1 Å². The number of thiazole rings is 1. The van der Waals surface area contributed by atoms with E-state index < -0.39 is 12.1 Å². The standard InChI is InChI=1S/C22H27N3O4S3/c26-17(5-2-4-13-30-19-6-1-3-11-23-19)9-7-16-8-10-20(27)25(16)12-14-31-22-24-18(15-32-22)21(28)29/h1,3,6-7,9,11,15-17,26H,2,4-5,8,10,12-14H2,(H,28,29)/b9-7+/t16-,17-/m0/s1. The Morgan fingerprint density at radius 3 is 2.94 bits per heavy atom. The number of carboxylic acid groups (broad SMARTS) is 1. The van der Waals surface area contributed by atoms with Crippen LogP contribution in [0.2, 0.25) is 0 Å². The zero-order valence-corrected chi connectivity index (χ0v) is 20.1. The van der Waals surface area contributed by atoms with Gasteiger partial charge in [-0.05, 0) is 43.6 Å². The first kappa shape index (κ1) is 24.8. The second kappa shape index (κ2) is 13.0. The fourth-order valence-electron chi connectivity index (χ4n) is 3.32. The van der Waals surface area contributed by atoms with Gasteiger partial charge in [-0.2, -0.15) is 0 Å². The number of amides is 1. The van der Waals surface area contributed by atoms with Gasteiger partial charge in [0.2, 0.25) is 5.91 Å². The summed E-state index contributed by atoms with van der Waals surface area (Å²) >= 11 is 4.48. The van der Waals surface area contributed by atoms with Crippen molar-refractivity contribution in [2.24, 2.45) is 0 Å². The maximum atomic E-state index is 12.2. The minimum Gasteiger partial charge on any atom is -0.476 e. The van der Waals surface area contributed by atoms with Gasteiger partial charge in [0.05, 0.1) is 17.2 Å². The van der Waals surface area contributed by atoms with Gasteiger partial charge in [-0.25, -0.2) is 14.8 Å². The molecule has 1 saturated heterocycles. The van der Waals surface area contributed by atoms with Crippen molar-refractivity contribution in [2.45, 2.75) is 53.6 Å². The molecule has 7 nitrogen and oxygen atoms in total. The number of pyridine rings is 1. The summed E-state index contributed by atoms with van der Waals surface area (Å²) in [4.78, 5) is 33.3. The molecule has 0 saturated carbocycles. The van der Waals surface area contributed by atoms with Crippen molar-refractivity contribution in [3.8, 4) is 0 Å². The normalized spacial score (nSPS) is 17.3. The summed E-state index contributed by atoms with van der Waals surface area (Å²) in [6, 6.07) is 5.89. The summed E-state index contributed by atoms with van der Waals surface area (Å²) in [7, 11) is 0. The number of carboxylic acids is 1. The molecule has 10 heteroatoms. The maximum absolute atomic E-state index is 12.2. The topological polar surface area (TPSA) is 104 Å². The van der Waals surface area contributed by atoms with Gasteiger partial charge in [0.1, 0.15) is 0 Å². The number of nitrogens with zero attached hydrogens (tertiary/aromatic N) is 3. The van der Waals surface area contributed by atoms with Crippen molar-refractivity contribution in [3.05, 3.63) is 47.6 Å². The Morgan fingerprint density at radius 1 is 1.31 bits per heavy atom. The summed E-state index contributed by atoms with van der Waals surface area (Å²) in [5.41, 5.74) is 0.0554. The summed E-state index contributed by atoms with van der Waals surface area (Å²) in [6.45, 7) is 0.571. The molecule has 0 radical (unpaired) electrons. The molecule has 1 aliphatic rings. The molecular weight excluding hydrogens is 466 g/mol. The number of aromatic carboxylic acids is 1. The fourth-order valence-corrected chi connectivity index (χ4v) is 5.99. The average Bonchev–Trinajstić information content (AvgIpc) is 3.40. The number of rotatable bonds is 13. The third-order valence-electron chi connectivity index (χ3n) is 4.97. The lowest BCUT2D eigenvalue weighted by atomic mass is 10.1. The van der Waals surface area contributed by atoms with Crippen LogP contribution < -0.4 is 0 Å². The Kier molecular flexibility index (Phi) is 10.0. The van der Waals surface area contributed by atoms with E-state index in [0.29, 0.717) is 29.5 Å². The number of hydrogen-bond acceptors (Lipinski definition) is 8. The van der Waals surface area contributed by atoms with Crippen molar-refractivity contribution in [1.29, 1.82) is 0 Å². The molecule has 172 valence electrons. The van der Waals surface area contributed by atoms with Crippen LogP contribution in [-0.4, -0.2) is 67.2 Å². The Morgan fingerprint density at radius 2 is 2.19 bits per heavy atom. The second-order valence-electron chi connectivity index (χ2n) is 7.31. The Balaban J connectivity index is 1.35. The number of aromatic nitrogens is 2. The summed E-state index contributed by atoms with van der Waals surface area (Å²) in [6.07, 6.45) is 8.97. The van der Waals surface area contributed by atoms with E-state index in [2.05, 4.69) is 9.97 Å². The molecule has 3 rings (SSSR count). The molecule has 1 fully saturated rings. The molecule has 0 aliphatic carbocycles. The molecule has 1 aliphatic heterocycles. The molecule has 2 atom stereocenters. The van der Waals surface area contributed by atoms with Gasteiger partial charge in [0, 0.05) is 30.3 Å². The largest absolute Gasteiger partial charge is 0.476 e. The highest BCUT2D eigenvalue weighted by Gasteiger charge is 2.28. The molecule has 1 amide bonds. The van der Waals surface area contributed by atoms with Crippen LogP contribution >= 0.6 is 34.9 Å².